The average Bonchev–Trinajstić information content (AvgIpc) is 2.40. The van der Waals surface area contributed by atoms with E-state index in [1.165, 1.54) is 13.0 Å². The van der Waals surface area contributed by atoms with Crippen molar-refractivity contribution in [2.75, 3.05) is 17.6 Å². The van der Waals surface area contributed by atoms with Crippen molar-refractivity contribution < 1.29 is 9.18 Å². The van der Waals surface area contributed by atoms with Crippen molar-refractivity contribution in [1.82, 2.24) is 0 Å². The van der Waals surface area contributed by atoms with Gasteiger partial charge in [-0.25, -0.2) is 4.39 Å². The number of rotatable bonds is 5. The fourth-order valence-electron chi connectivity index (χ4n) is 2.04. The number of carbonyl (C=O) groups excluding carboxylic acids is 1. The van der Waals surface area contributed by atoms with Gasteiger partial charge in [0.05, 0.1) is 0 Å². The van der Waals surface area contributed by atoms with E-state index in [9.17, 15) is 9.18 Å². The standard InChI is InChI=1S/C16H17FN2O/c1-11(20)14-7-6-13(10-16(14)18)19-9-8-12-4-2-3-5-15(12)17/h2-7,10,19H,8-9,18H2,1H3. The van der Waals surface area contributed by atoms with Crippen molar-refractivity contribution in [2.45, 2.75) is 13.3 Å². The minimum Gasteiger partial charge on any atom is -0.398 e. The molecule has 0 spiro atoms. The van der Waals surface area contributed by atoms with Gasteiger partial charge in [-0.2, -0.15) is 0 Å². The van der Waals surface area contributed by atoms with E-state index < -0.39 is 0 Å². The second kappa shape index (κ2) is 6.19. The predicted octanol–water partition coefficient (Wildman–Crippen LogP) is 3.27. The van der Waals surface area contributed by atoms with Gasteiger partial charge in [-0.15, -0.1) is 0 Å². The average molecular weight is 272 g/mol. The van der Waals surface area contributed by atoms with Gasteiger partial charge in [-0.1, -0.05) is 18.2 Å². The van der Waals surface area contributed by atoms with Crippen LogP contribution in [-0.4, -0.2) is 12.3 Å². The second-order valence-corrected chi connectivity index (χ2v) is 4.63. The van der Waals surface area contributed by atoms with Gasteiger partial charge in [0.2, 0.25) is 0 Å². The maximum Gasteiger partial charge on any atom is 0.161 e. The van der Waals surface area contributed by atoms with Crippen LogP contribution in [0.1, 0.15) is 22.8 Å². The summed E-state index contributed by atoms with van der Waals surface area (Å²) in [5.74, 6) is -0.249. The molecule has 3 N–H and O–H groups in total. The number of carbonyl (C=O) groups is 1. The van der Waals surface area contributed by atoms with Crippen molar-refractivity contribution >= 4 is 17.2 Å². The quantitative estimate of drug-likeness (QED) is 0.649. The number of hydrogen-bond acceptors (Lipinski definition) is 3. The second-order valence-electron chi connectivity index (χ2n) is 4.63. The number of Topliss-reactive ketones (excluding diaryl/α,β-unsaturated/α-hetero) is 1. The molecule has 2 aromatic rings. The van der Waals surface area contributed by atoms with Gasteiger partial charge in [0.15, 0.2) is 5.78 Å². The first-order chi connectivity index (χ1) is 9.58. The SMILES string of the molecule is CC(=O)c1ccc(NCCc2ccccc2F)cc1N. The lowest BCUT2D eigenvalue weighted by atomic mass is 10.1. The monoisotopic (exact) mass is 272 g/mol. The molecule has 2 aromatic carbocycles. The largest absolute Gasteiger partial charge is 0.398 e. The zero-order chi connectivity index (χ0) is 14.5. The molecular formula is C16H17FN2O. The molecule has 2 rings (SSSR count). The van der Waals surface area contributed by atoms with E-state index in [2.05, 4.69) is 5.32 Å². The normalized spacial score (nSPS) is 10.3. The molecule has 3 nitrogen and oxygen atoms in total. The summed E-state index contributed by atoms with van der Waals surface area (Å²) < 4.78 is 13.4. The van der Waals surface area contributed by atoms with Crippen LogP contribution in [0.15, 0.2) is 42.5 Å². The lowest BCUT2D eigenvalue weighted by Gasteiger charge is -2.09. The molecule has 0 aliphatic carbocycles. The number of nitrogen functional groups attached to an aromatic ring is 1. The molecule has 0 saturated carbocycles. The van der Waals surface area contributed by atoms with Crippen molar-refractivity contribution in [3.63, 3.8) is 0 Å². The first-order valence-corrected chi connectivity index (χ1v) is 6.45. The van der Waals surface area contributed by atoms with Gasteiger partial charge in [0.1, 0.15) is 5.82 Å². The van der Waals surface area contributed by atoms with E-state index in [-0.39, 0.29) is 11.6 Å². The predicted molar refractivity (Wildman–Crippen MR) is 79.5 cm³/mol. The summed E-state index contributed by atoms with van der Waals surface area (Å²) in [7, 11) is 0. The summed E-state index contributed by atoms with van der Waals surface area (Å²) in [4.78, 5) is 11.3. The van der Waals surface area contributed by atoms with Crippen molar-refractivity contribution in [2.24, 2.45) is 0 Å². The van der Waals surface area contributed by atoms with Crippen LogP contribution in [0.2, 0.25) is 0 Å². The van der Waals surface area contributed by atoms with E-state index in [1.54, 1.807) is 30.3 Å². The number of nitrogens with one attached hydrogen (secondary N) is 1. The first kappa shape index (κ1) is 14.1. The number of benzene rings is 2. The van der Waals surface area contributed by atoms with Crippen LogP contribution in [0.5, 0.6) is 0 Å². The van der Waals surface area contributed by atoms with Gasteiger partial charge >= 0.3 is 0 Å². The first-order valence-electron chi connectivity index (χ1n) is 6.45. The minimum atomic E-state index is -0.194. The molecule has 0 radical (unpaired) electrons. The van der Waals surface area contributed by atoms with E-state index >= 15 is 0 Å². The van der Waals surface area contributed by atoms with Gasteiger partial charge in [0, 0.05) is 23.5 Å². The van der Waals surface area contributed by atoms with Crippen LogP contribution in [-0.2, 0) is 6.42 Å². The number of hydrogen-bond donors (Lipinski definition) is 2. The molecule has 20 heavy (non-hydrogen) atoms. The molecule has 0 bridgehead atoms. The number of ketones is 1. The fraction of sp³-hybridized carbons (Fsp3) is 0.188. The molecule has 0 atom stereocenters. The highest BCUT2D eigenvalue weighted by Crippen LogP contribution is 2.18. The number of nitrogens with two attached hydrogens (primary N) is 1. The molecule has 0 aliphatic rings. The molecule has 0 aromatic heterocycles. The van der Waals surface area contributed by atoms with Crippen LogP contribution in [0.25, 0.3) is 0 Å². The Morgan fingerprint density at radius 1 is 1.25 bits per heavy atom. The molecule has 0 heterocycles. The summed E-state index contributed by atoms with van der Waals surface area (Å²) in [5.41, 5.74) is 8.28. The zero-order valence-corrected chi connectivity index (χ0v) is 11.3. The Kier molecular flexibility index (Phi) is 4.35. The van der Waals surface area contributed by atoms with Gasteiger partial charge in [-0.05, 0) is 43.2 Å². The number of halogens is 1. The maximum absolute atomic E-state index is 13.4. The topological polar surface area (TPSA) is 55.1 Å². The lowest BCUT2D eigenvalue weighted by Crippen LogP contribution is -2.07. The Morgan fingerprint density at radius 2 is 2.00 bits per heavy atom. The third-order valence-electron chi connectivity index (χ3n) is 3.11. The summed E-state index contributed by atoms with van der Waals surface area (Å²) >= 11 is 0. The Hall–Kier alpha value is -2.36. The summed E-state index contributed by atoms with van der Waals surface area (Å²) in [5, 5.41) is 3.17. The molecule has 0 fully saturated rings. The molecule has 0 amide bonds. The summed E-state index contributed by atoms with van der Waals surface area (Å²) in [6.07, 6.45) is 0.584. The molecule has 104 valence electrons. The summed E-state index contributed by atoms with van der Waals surface area (Å²) in [6, 6.07) is 11.9. The van der Waals surface area contributed by atoms with Gasteiger partial charge in [0.25, 0.3) is 0 Å². The third kappa shape index (κ3) is 3.35. The molecular weight excluding hydrogens is 255 g/mol. The van der Waals surface area contributed by atoms with Crippen LogP contribution < -0.4 is 11.1 Å². The van der Waals surface area contributed by atoms with Crippen LogP contribution in [0, 0.1) is 5.82 Å². The van der Waals surface area contributed by atoms with E-state index in [1.807, 2.05) is 6.07 Å². The highest BCUT2D eigenvalue weighted by molar-refractivity contribution is 5.99. The van der Waals surface area contributed by atoms with Crippen LogP contribution in [0.3, 0.4) is 0 Å². The van der Waals surface area contributed by atoms with Crippen molar-refractivity contribution in [1.29, 1.82) is 0 Å². The van der Waals surface area contributed by atoms with Gasteiger partial charge < -0.3 is 11.1 Å². The Morgan fingerprint density at radius 3 is 2.65 bits per heavy atom. The zero-order valence-electron chi connectivity index (χ0n) is 11.3. The Bertz CT molecular complexity index is 626. The third-order valence-corrected chi connectivity index (χ3v) is 3.11. The van der Waals surface area contributed by atoms with Crippen LogP contribution in [0.4, 0.5) is 15.8 Å². The Balaban J connectivity index is 1.97. The molecule has 0 saturated heterocycles. The van der Waals surface area contributed by atoms with E-state index in [0.29, 0.717) is 29.8 Å². The van der Waals surface area contributed by atoms with E-state index in [4.69, 9.17) is 5.73 Å². The van der Waals surface area contributed by atoms with Crippen molar-refractivity contribution in [3.05, 3.63) is 59.4 Å². The van der Waals surface area contributed by atoms with Crippen LogP contribution >= 0.6 is 0 Å². The molecule has 0 aliphatic heterocycles. The van der Waals surface area contributed by atoms with Crippen molar-refractivity contribution in [3.8, 4) is 0 Å². The van der Waals surface area contributed by atoms with E-state index in [0.717, 1.165) is 5.69 Å². The van der Waals surface area contributed by atoms with Gasteiger partial charge in [-0.3, -0.25) is 4.79 Å². The maximum atomic E-state index is 13.4. The lowest BCUT2D eigenvalue weighted by molar-refractivity contribution is 0.101. The highest BCUT2D eigenvalue weighted by atomic mass is 19.1. The number of anilines is 2. The highest BCUT2D eigenvalue weighted by Gasteiger charge is 2.05. The minimum absolute atomic E-state index is 0.0552. The fourth-order valence-corrected chi connectivity index (χ4v) is 2.04. The Labute approximate surface area is 117 Å². The smallest absolute Gasteiger partial charge is 0.161 e. The summed E-state index contributed by atoms with van der Waals surface area (Å²) in [6.45, 7) is 2.08. The molecule has 4 heteroatoms. The molecule has 0 unspecified atom stereocenters.